The smallest absolute Gasteiger partial charge is 0.244 e. The second-order valence-electron chi connectivity index (χ2n) is 8.63. The molecule has 0 spiro atoms. The van der Waals surface area contributed by atoms with Crippen molar-refractivity contribution in [2.24, 2.45) is 5.92 Å². The van der Waals surface area contributed by atoms with Crippen LogP contribution in [0.1, 0.15) is 32.8 Å². The van der Waals surface area contributed by atoms with Crippen molar-refractivity contribution in [3.63, 3.8) is 0 Å². The lowest BCUT2D eigenvalue weighted by molar-refractivity contribution is -0.139. The molecule has 2 aromatic carbocycles. The van der Waals surface area contributed by atoms with Crippen molar-refractivity contribution in [2.75, 3.05) is 30.2 Å². The number of carbonyl (C=O) groups is 2. The van der Waals surface area contributed by atoms with E-state index < -0.39 is 34.3 Å². The maximum absolute atomic E-state index is 13.5. The van der Waals surface area contributed by atoms with E-state index in [0.717, 1.165) is 28.3 Å². The maximum atomic E-state index is 13.5. The molecule has 186 valence electrons. The Kier molecular flexibility index (Phi) is 10.0. The lowest BCUT2D eigenvalue weighted by Gasteiger charge is -2.33. The number of benzene rings is 2. The zero-order valence-corrected chi connectivity index (χ0v) is 21.0. The Bertz CT molecular complexity index is 1040. The molecule has 9 heteroatoms. The van der Waals surface area contributed by atoms with Crippen molar-refractivity contribution >= 4 is 27.5 Å². The largest absolute Gasteiger partial charge is 0.354 e. The van der Waals surface area contributed by atoms with Gasteiger partial charge in [0.05, 0.1) is 11.9 Å². The Hall–Kier alpha value is -2.94. The monoisotopic (exact) mass is 491 g/mol. The summed E-state index contributed by atoms with van der Waals surface area (Å²) in [7, 11) is -3.84. The van der Waals surface area contributed by atoms with Crippen LogP contribution in [0.3, 0.4) is 0 Å². The molecule has 2 aromatic rings. The summed E-state index contributed by atoms with van der Waals surface area (Å²) in [6.45, 7) is 6.00. The zero-order valence-electron chi connectivity index (χ0n) is 20.2. The first-order chi connectivity index (χ1) is 16.0. The van der Waals surface area contributed by atoms with Crippen molar-refractivity contribution in [1.82, 2.24) is 10.2 Å². The summed E-state index contributed by atoms with van der Waals surface area (Å²) in [6, 6.07) is 13.7. The van der Waals surface area contributed by atoms with E-state index in [-0.39, 0.29) is 24.1 Å². The average Bonchev–Trinajstić information content (AvgIpc) is 2.79. The molecule has 2 amide bonds. The highest BCUT2D eigenvalue weighted by molar-refractivity contribution is 7.92. The second kappa shape index (κ2) is 12.5. The van der Waals surface area contributed by atoms with Gasteiger partial charge in [0.25, 0.3) is 0 Å². The van der Waals surface area contributed by atoms with Crippen LogP contribution in [0.5, 0.6) is 0 Å². The Morgan fingerprint density at radius 3 is 2.18 bits per heavy atom. The van der Waals surface area contributed by atoms with Crippen LogP contribution in [0, 0.1) is 11.7 Å². The van der Waals surface area contributed by atoms with E-state index >= 15 is 0 Å². The van der Waals surface area contributed by atoms with Crippen LogP contribution in [-0.2, 0) is 26.0 Å². The third-order valence-corrected chi connectivity index (χ3v) is 6.49. The fraction of sp³-hybridized carbons (Fsp3) is 0.440. The van der Waals surface area contributed by atoms with E-state index in [0.29, 0.717) is 19.4 Å². The normalized spacial score (nSPS) is 12.3. The van der Waals surface area contributed by atoms with E-state index in [1.807, 2.05) is 51.1 Å². The standard InChI is InChI=1S/C25H34FN3O4S/c1-5-23(25(31)27-17-19(2)3)28(16-15-20-9-7-6-8-10-20)24(30)18-29(34(4,32)33)22-13-11-21(26)12-14-22/h6-14,19,23H,5,15-18H2,1-4H3,(H,27,31)/t23-/m1/s1. The minimum absolute atomic E-state index is 0.178. The van der Waals surface area contributed by atoms with E-state index in [1.165, 1.54) is 17.0 Å². The molecule has 0 fully saturated rings. The molecule has 2 rings (SSSR count). The minimum atomic E-state index is -3.84. The van der Waals surface area contributed by atoms with Crippen LogP contribution < -0.4 is 9.62 Å². The van der Waals surface area contributed by atoms with Crippen LogP contribution >= 0.6 is 0 Å². The van der Waals surface area contributed by atoms with E-state index in [4.69, 9.17) is 0 Å². The summed E-state index contributed by atoms with van der Waals surface area (Å²) < 4.78 is 39.3. The average molecular weight is 492 g/mol. The number of hydrogen-bond acceptors (Lipinski definition) is 4. The molecule has 34 heavy (non-hydrogen) atoms. The van der Waals surface area contributed by atoms with Crippen molar-refractivity contribution < 1.29 is 22.4 Å². The molecule has 0 aliphatic heterocycles. The summed E-state index contributed by atoms with van der Waals surface area (Å²) in [5.74, 6) is -1.04. The van der Waals surface area contributed by atoms with Gasteiger partial charge in [0, 0.05) is 13.1 Å². The summed E-state index contributed by atoms with van der Waals surface area (Å²) in [5, 5.41) is 2.88. The zero-order chi connectivity index (χ0) is 25.3. The van der Waals surface area contributed by atoms with Crippen molar-refractivity contribution in [1.29, 1.82) is 0 Å². The molecule has 1 N–H and O–H groups in total. The SMILES string of the molecule is CC[C@H](C(=O)NCC(C)C)N(CCc1ccccc1)C(=O)CN(c1ccc(F)cc1)S(C)(=O)=O. The molecule has 0 aromatic heterocycles. The molecule has 0 heterocycles. The van der Waals surface area contributed by atoms with E-state index in [1.54, 1.807) is 0 Å². The van der Waals surface area contributed by atoms with Gasteiger partial charge in [-0.3, -0.25) is 13.9 Å². The molecule has 7 nitrogen and oxygen atoms in total. The first-order valence-electron chi connectivity index (χ1n) is 11.4. The second-order valence-corrected chi connectivity index (χ2v) is 10.5. The molecular weight excluding hydrogens is 457 g/mol. The third-order valence-electron chi connectivity index (χ3n) is 5.35. The molecule has 0 saturated heterocycles. The summed E-state index contributed by atoms with van der Waals surface area (Å²) in [4.78, 5) is 27.9. The highest BCUT2D eigenvalue weighted by Gasteiger charge is 2.31. The van der Waals surface area contributed by atoms with Crippen LogP contribution in [0.15, 0.2) is 54.6 Å². The van der Waals surface area contributed by atoms with Gasteiger partial charge in [-0.25, -0.2) is 12.8 Å². The lowest BCUT2D eigenvalue weighted by Crippen LogP contribution is -2.53. The van der Waals surface area contributed by atoms with Crippen molar-refractivity contribution in [3.8, 4) is 0 Å². The lowest BCUT2D eigenvalue weighted by atomic mass is 10.1. The molecule has 0 saturated carbocycles. The topological polar surface area (TPSA) is 86.8 Å². The molecule has 0 aliphatic carbocycles. The summed E-state index contributed by atoms with van der Waals surface area (Å²) in [6.07, 6.45) is 1.88. The summed E-state index contributed by atoms with van der Waals surface area (Å²) >= 11 is 0. The van der Waals surface area contributed by atoms with E-state index in [2.05, 4.69) is 5.32 Å². The molecule has 0 unspecified atom stereocenters. The number of hydrogen-bond donors (Lipinski definition) is 1. The van der Waals surface area contributed by atoms with Gasteiger partial charge in [0.1, 0.15) is 18.4 Å². The molecule has 1 atom stereocenters. The quantitative estimate of drug-likeness (QED) is 0.494. The van der Waals surface area contributed by atoms with E-state index in [9.17, 15) is 22.4 Å². The number of halogens is 1. The van der Waals surface area contributed by atoms with Crippen LogP contribution in [0.2, 0.25) is 0 Å². The number of carbonyl (C=O) groups excluding carboxylic acids is 2. The Morgan fingerprint density at radius 2 is 1.65 bits per heavy atom. The molecule has 0 aliphatic rings. The van der Waals surface area contributed by atoms with Crippen LogP contribution in [0.4, 0.5) is 10.1 Å². The van der Waals surface area contributed by atoms with Gasteiger partial charge in [-0.15, -0.1) is 0 Å². The van der Waals surface area contributed by atoms with Gasteiger partial charge in [0.15, 0.2) is 0 Å². The number of nitrogens with zero attached hydrogens (tertiary/aromatic N) is 2. The number of anilines is 1. The molecule has 0 radical (unpaired) electrons. The fourth-order valence-electron chi connectivity index (χ4n) is 3.54. The van der Waals surface area contributed by atoms with Crippen molar-refractivity contribution in [3.05, 3.63) is 66.0 Å². The van der Waals surface area contributed by atoms with Gasteiger partial charge >= 0.3 is 0 Å². The van der Waals surface area contributed by atoms with Gasteiger partial charge in [-0.1, -0.05) is 51.1 Å². The minimum Gasteiger partial charge on any atom is -0.354 e. The third kappa shape index (κ3) is 8.13. The van der Waals surface area contributed by atoms with Crippen LogP contribution in [0.25, 0.3) is 0 Å². The molecule has 0 bridgehead atoms. The first-order valence-corrected chi connectivity index (χ1v) is 13.2. The summed E-state index contributed by atoms with van der Waals surface area (Å²) in [5.41, 5.74) is 1.17. The number of nitrogens with one attached hydrogen (secondary N) is 1. The Labute approximate surface area is 202 Å². The Morgan fingerprint density at radius 1 is 1.03 bits per heavy atom. The Balaban J connectivity index is 2.32. The number of rotatable bonds is 12. The first kappa shape index (κ1) is 27.3. The van der Waals surface area contributed by atoms with Crippen LogP contribution in [-0.4, -0.2) is 57.1 Å². The number of amides is 2. The van der Waals surface area contributed by atoms with Gasteiger partial charge in [-0.2, -0.15) is 0 Å². The van der Waals surface area contributed by atoms with Gasteiger partial charge < -0.3 is 10.2 Å². The predicted molar refractivity (Wildman–Crippen MR) is 132 cm³/mol. The predicted octanol–water partition coefficient (Wildman–Crippen LogP) is 3.21. The number of sulfonamides is 1. The van der Waals surface area contributed by atoms with Gasteiger partial charge in [-0.05, 0) is 48.6 Å². The maximum Gasteiger partial charge on any atom is 0.244 e. The highest BCUT2D eigenvalue weighted by atomic mass is 32.2. The van der Waals surface area contributed by atoms with Crippen molar-refractivity contribution in [2.45, 2.75) is 39.7 Å². The highest BCUT2D eigenvalue weighted by Crippen LogP contribution is 2.19. The fourth-order valence-corrected chi connectivity index (χ4v) is 4.39. The molecular formula is C25H34FN3O4S. The van der Waals surface area contributed by atoms with Gasteiger partial charge in [0.2, 0.25) is 21.8 Å².